The van der Waals surface area contributed by atoms with Gasteiger partial charge in [0.15, 0.2) is 0 Å². The van der Waals surface area contributed by atoms with E-state index in [0.29, 0.717) is 0 Å². The number of aryl methyl sites for hydroxylation is 2. The fourth-order valence-corrected chi connectivity index (χ4v) is 8.74. The summed E-state index contributed by atoms with van der Waals surface area (Å²) in [5.74, 6) is 0. The summed E-state index contributed by atoms with van der Waals surface area (Å²) in [5.41, 5.74) is 14.9. The summed E-state index contributed by atoms with van der Waals surface area (Å²) in [6.07, 6.45) is 0. The van der Waals surface area contributed by atoms with Gasteiger partial charge in [0.2, 0.25) is 0 Å². The minimum Gasteiger partial charge on any atom is -0.455 e. The highest BCUT2D eigenvalue weighted by atomic mass is 16.3. The van der Waals surface area contributed by atoms with Crippen molar-refractivity contribution in [3.63, 3.8) is 0 Å². The Bertz CT molecular complexity index is 2450. The monoisotopic (exact) mass is 578 g/mol. The summed E-state index contributed by atoms with van der Waals surface area (Å²) in [6, 6.07) is 30.4. The average molecular weight is 579 g/mol. The lowest BCUT2D eigenvalue weighted by Crippen LogP contribution is -2.15. The molecule has 1 aromatic heterocycles. The molecule has 9 rings (SSSR count). The van der Waals surface area contributed by atoms with Gasteiger partial charge in [-0.25, -0.2) is 0 Å². The number of hydrogen-bond donors (Lipinski definition) is 0. The first-order chi connectivity index (χ1) is 21.6. The third-order valence-corrected chi connectivity index (χ3v) is 11.1. The second-order valence-corrected chi connectivity index (χ2v) is 14.0. The molecule has 6 aromatic carbocycles. The molecule has 1 heterocycles. The molecule has 0 saturated carbocycles. The summed E-state index contributed by atoms with van der Waals surface area (Å²) < 4.78 is 6.94. The maximum Gasteiger partial charge on any atom is 0.138 e. The fraction of sp³-hybridized carbons (Fsp3) is 0.190. The molecule has 7 aromatic rings. The van der Waals surface area contributed by atoms with Crippen LogP contribution in [0.4, 0.5) is 0 Å². The van der Waals surface area contributed by atoms with Crippen molar-refractivity contribution in [3.05, 3.63) is 117 Å². The molecule has 214 valence electrons. The first kappa shape index (κ1) is 26.1. The van der Waals surface area contributed by atoms with Crippen molar-refractivity contribution in [2.24, 2.45) is 0 Å². The van der Waals surface area contributed by atoms with Gasteiger partial charge in [-0.05, 0) is 93.4 Å². The van der Waals surface area contributed by atoms with Gasteiger partial charge in [-0.3, -0.25) is 0 Å². The molecule has 2 aliphatic carbocycles. The lowest BCUT2D eigenvalue weighted by Gasteiger charge is -2.23. The predicted octanol–water partition coefficient (Wildman–Crippen LogP) is 10.9. The van der Waals surface area contributed by atoms with Crippen LogP contribution in [0, 0.1) is 36.5 Å². The van der Waals surface area contributed by atoms with E-state index in [4.69, 9.17) is 4.42 Å². The van der Waals surface area contributed by atoms with E-state index in [1.54, 1.807) is 0 Å². The molecule has 3 nitrogen and oxygen atoms in total. The molecule has 0 bridgehead atoms. The van der Waals surface area contributed by atoms with E-state index in [2.05, 4.69) is 114 Å². The summed E-state index contributed by atoms with van der Waals surface area (Å²) in [6.45, 7) is 13.5. The molecule has 0 radical (unpaired) electrons. The lowest BCUT2D eigenvalue weighted by molar-refractivity contribution is 0.652. The minimum absolute atomic E-state index is 0.281. The SMILES string of the molecule is Cc1c2c(cc3c1oc1c(C)c4c(cc13)C(C)(C)c1cc(C#N)c3ccccc3c1-4)C(C)(C)c1cc(C#N)c3ccccc3c1-2. The molecule has 0 amide bonds. The van der Waals surface area contributed by atoms with Crippen LogP contribution in [0.15, 0.2) is 77.2 Å². The van der Waals surface area contributed by atoms with E-state index in [0.717, 1.165) is 65.7 Å². The van der Waals surface area contributed by atoms with Crippen LogP contribution in [0.25, 0.3) is 65.7 Å². The molecule has 0 atom stereocenters. The molecule has 0 spiro atoms. The van der Waals surface area contributed by atoms with Crippen molar-refractivity contribution >= 4 is 43.5 Å². The second-order valence-electron chi connectivity index (χ2n) is 14.0. The standard InChI is InChI=1S/C42H30N2O/c1-21-35-33(41(3,4)31-15-23(19-43)25-11-7-9-13-27(25)37(31)35)17-29-30-18-34-36(22(2)40(30)45-39(21)29)38-28-14-10-8-12-26(28)24(20-44)16-32(38)42(34,5)6/h7-18H,1-6H3. The molecule has 0 fully saturated rings. The van der Waals surface area contributed by atoms with Gasteiger partial charge in [0, 0.05) is 43.5 Å². The number of rotatable bonds is 0. The highest BCUT2D eigenvalue weighted by Gasteiger charge is 2.42. The van der Waals surface area contributed by atoms with Crippen molar-refractivity contribution in [2.45, 2.75) is 52.4 Å². The Morgan fingerprint density at radius 2 is 0.844 bits per heavy atom. The van der Waals surface area contributed by atoms with Crippen molar-refractivity contribution < 1.29 is 4.42 Å². The van der Waals surface area contributed by atoms with E-state index >= 15 is 0 Å². The van der Waals surface area contributed by atoms with Crippen LogP contribution in [-0.2, 0) is 10.8 Å². The maximum absolute atomic E-state index is 10.1. The van der Waals surface area contributed by atoms with Gasteiger partial charge in [-0.1, -0.05) is 76.2 Å². The topological polar surface area (TPSA) is 60.7 Å². The average Bonchev–Trinajstić information content (AvgIpc) is 3.61. The normalized spacial score (nSPS) is 15.2. The van der Waals surface area contributed by atoms with Gasteiger partial charge in [-0.15, -0.1) is 0 Å². The van der Waals surface area contributed by atoms with Crippen LogP contribution in [-0.4, -0.2) is 0 Å². The van der Waals surface area contributed by atoms with Crippen LogP contribution in [0.1, 0.15) is 72.2 Å². The number of nitriles is 2. The summed E-state index contributed by atoms with van der Waals surface area (Å²) in [4.78, 5) is 0. The third kappa shape index (κ3) is 2.94. The summed E-state index contributed by atoms with van der Waals surface area (Å²) in [7, 11) is 0. The van der Waals surface area contributed by atoms with E-state index in [1.165, 1.54) is 44.5 Å². The molecule has 2 aliphatic rings. The van der Waals surface area contributed by atoms with Gasteiger partial charge in [0.1, 0.15) is 11.2 Å². The van der Waals surface area contributed by atoms with Crippen molar-refractivity contribution in [2.75, 3.05) is 0 Å². The van der Waals surface area contributed by atoms with Gasteiger partial charge in [0.25, 0.3) is 0 Å². The smallest absolute Gasteiger partial charge is 0.138 e. The third-order valence-electron chi connectivity index (χ3n) is 11.1. The van der Waals surface area contributed by atoms with Gasteiger partial charge in [0.05, 0.1) is 23.3 Å². The van der Waals surface area contributed by atoms with Gasteiger partial charge >= 0.3 is 0 Å². The second kappa shape index (κ2) is 8.20. The molecular weight excluding hydrogens is 548 g/mol. The molecule has 0 aliphatic heterocycles. The zero-order valence-corrected chi connectivity index (χ0v) is 26.2. The predicted molar refractivity (Wildman–Crippen MR) is 183 cm³/mol. The van der Waals surface area contributed by atoms with Crippen LogP contribution in [0.5, 0.6) is 0 Å². The molecule has 45 heavy (non-hydrogen) atoms. The van der Waals surface area contributed by atoms with E-state index in [-0.39, 0.29) is 10.8 Å². The zero-order valence-electron chi connectivity index (χ0n) is 26.2. The maximum atomic E-state index is 10.1. The van der Waals surface area contributed by atoms with E-state index in [1.807, 2.05) is 12.1 Å². The highest BCUT2D eigenvalue weighted by Crippen LogP contribution is 2.58. The Kier molecular flexibility index (Phi) is 4.75. The first-order valence-corrected chi connectivity index (χ1v) is 15.6. The highest BCUT2D eigenvalue weighted by molar-refractivity contribution is 6.16. The molecule has 3 heteroatoms. The van der Waals surface area contributed by atoms with E-state index in [9.17, 15) is 10.5 Å². The van der Waals surface area contributed by atoms with Gasteiger partial charge < -0.3 is 4.42 Å². The van der Waals surface area contributed by atoms with Crippen LogP contribution < -0.4 is 0 Å². The number of fused-ring (bicyclic) bond motifs is 13. The zero-order chi connectivity index (χ0) is 31.2. The molecular formula is C42H30N2O. The lowest BCUT2D eigenvalue weighted by atomic mass is 9.80. The van der Waals surface area contributed by atoms with Crippen molar-refractivity contribution in [1.82, 2.24) is 0 Å². The molecule has 0 saturated heterocycles. The van der Waals surface area contributed by atoms with Crippen LogP contribution in [0.2, 0.25) is 0 Å². The number of nitrogens with zero attached hydrogens (tertiary/aromatic N) is 2. The molecule has 0 unspecified atom stereocenters. The number of hydrogen-bond acceptors (Lipinski definition) is 3. The summed E-state index contributed by atoms with van der Waals surface area (Å²) >= 11 is 0. The van der Waals surface area contributed by atoms with Crippen molar-refractivity contribution in [1.29, 1.82) is 10.5 Å². The first-order valence-electron chi connectivity index (χ1n) is 15.6. The number of benzene rings is 6. The quantitative estimate of drug-likeness (QED) is 0.180. The Morgan fingerprint density at radius 3 is 1.22 bits per heavy atom. The Hall–Kier alpha value is -5.38. The Morgan fingerprint density at radius 1 is 0.489 bits per heavy atom. The van der Waals surface area contributed by atoms with Crippen molar-refractivity contribution in [3.8, 4) is 34.4 Å². The van der Waals surface area contributed by atoms with Gasteiger partial charge in [-0.2, -0.15) is 10.5 Å². The minimum atomic E-state index is -0.281. The number of furan rings is 1. The summed E-state index contributed by atoms with van der Waals surface area (Å²) in [5, 5.41) is 26.6. The van der Waals surface area contributed by atoms with Crippen LogP contribution >= 0.6 is 0 Å². The van der Waals surface area contributed by atoms with Crippen LogP contribution in [0.3, 0.4) is 0 Å². The largest absolute Gasteiger partial charge is 0.455 e. The van der Waals surface area contributed by atoms with E-state index < -0.39 is 0 Å². The molecule has 0 N–H and O–H groups in total. The Labute approximate surface area is 261 Å². The Balaban J connectivity index is 1.40. The fourth-order valence-electron chi connectivity index (χ4n) is 8.74.